The Labute approximate surface area is 100.0 Å². The van der Waals surface area contributed by atoms with E-state index in [0.717, 1.165) is 10.6 Å². The second-order valence-corrected chi connectivity index (χ2v) is 5.05. The van der Waals surface area contributed by atoms with E-state index in [1.54, 1.807) is 11.8 Å². The molecule has 1 aromatic rings. The number of hydrogen-bond acceptors (Lipinski definition) is 1. The third-order valence-electron chi connectivity index (χ3n) is 1.79. The van der Waals surface area contributed by atoms with Crippen LogP contribution in [0.5, 0.6) is 0 Å². The topological polar surface area (TPSA) is 0 Å². The molecule has 1 rings (SSSR count). The standard InChI is InChI=1S/C11H13Cl2S/c1-2-3-4-5-14-11-7-9(12)6-10(13)8-11/h7-8H,2-5H2,1H3. The van der Waals surface area contributed by atoms with Gasteiger partial charge in [-0.1, -0.05) is 43.0 Å². The Bertz CT molecular complexity index is 266. The van der Waals surface area contributed by atoms with Crippen LogP contribution in [0.1, 0.15) is 26.2 Å². The highest BCUT2D eigenvalue weighted by atomic mass is 35.5. The van der Waals surface area contributed by atoms with Gasteiger partial charge in [0.1, 0.15) is 0 Å². The predicted molar refractivity (Wildman–Crippen MR) is 65.5 cm³/mol. The van der Waals surface area contributed by atoms with Crippen molar-refractivity contribution < 1.29 is 0 Å². The average Bonchev–Trinajstić information content (AvgIpc) is 2.11. The molecule has 0 aliphatic rings. The van der Waals surface area contributed by atoms with Crippen LogP contribution in [0.2, 0.25) is 10.0 Å². The van der Waals surface area contributed by atoms with Gasteiger partial charge in [-0.15, -0.1) is 11.8 Å². The van der Waals surface area contributed by atoms with E-state index in [4.69, 9.17) is 23.2 Å². The summed E-state index contributed by atoms with van der Waals surface area (Å²) in [5, 5.41) is 1.19. The van der Waals surface area contributed by atoms with Crippen LogP contribution in [-0.4, -0.2) is 5.75 Å². The molecule has 0 atom stereocenters. The lowest BCUT2D eigenvalue weighted by molar-refractivity contribution is 0.778. The smallest absolute Gasteiger partial charge is 0.0511 e. The maximum absolute atomic E-state index is 5.84. The first kappa shape index (κ1) is 12.2. The van der Waals surface area contributed by atoms with E-state index >= 15 is 0 Å². The highest BCUT2D eigenvalue weighted by Gasteiger charge is 1.99. The van der Waals surface area contributed by atoms with E-state index < -0.39 is 0 Å². The molecule has 0 nitrogen and oxygen atoms in total. The molecule has 3 heteroatoms. The number of benzene rings is 1. The molecule has 1 aromatic carbocycles. The molecule has 0 heterocycles. The lowest BCUT2D eigenvalue weighted by atomic mass is 10.3. The summed E-state index contributed by atoms with van der Waals surface area (Å²) in [6.45, 7) is 2.20. The van der Waals surface area contributed by atoms with Crippen molar-refractivity contribution in [2.24, 2.45) is 0 Å². The third-order valence-corrected chi connectivity index (χ3v) is 3.26. The van der Waals surface area contributed by atoms with Crippen molar-refractivity contribution in [1.82, 2.24) is 0 Å². The zero-order valence-corrected chi connectivity index (χ0v) is 10.5. The molecule has 0 N–H and O–H groups in total. The van der Waals surface area contributed by atoms with Crippen LogP contribution in [0.4, 0.5) is 0 Å². The minimum atomic E-state index is 0.593. The fourth-order valence-corrected chi connectivity index (χ4v) is 2.71. The number of rotatable bonds is 5. The van der Waals surface area contributed by atoms with Gasteiger partial charge in [-0.05, 0) is 24.3 Å². The van der Waals surface area contributed by atoms with E-state index in [2.05, 4.69) is 13.0 Å². The van der Waals surface area contributed by atoms with E-state index in [-0.39, 0.29) is 0 Å². The quantitative estimate of drug-likeness (QED) is 0.517. The molecular weight excluding hydrogens is 235 g/mol. The first-order chi connectivity index (χ1) is 6.72. The molecule has 14 heavy (non-hydrogen) atoms. The van der Waals surface area contributed by atoms with Crippen LogP contribution in [0, 0.1) is 6.07 Å². The first-order valence-corrected chi connectivity index (χ1v) is 6.47. The molecule has 0 aliphatic heterocycles. The van der Waals surface area contributed by atoms with Crippen molar-refractivity contribution in [3.05, 3.63) is 28.2 Å². The van der Waals surface area contributed by atoms with Gasteiger partial charge in [0.25, 0.3) is 0 Å². The summed E-state index contributed by atoms with van der Waals surface area (Å²) >= 11 is 13.5. The molecule has 0 aromatic heterocycles. The zero-order chi connectivity index (χ0) is 10.4. The summed E-state index contributed by atoms with van der Waals surface area (Å²) in [6, 6.07) is 6.64. The minimum Gasteiger partial charge on any atom is -0.126 e. The van der Waals surface area contributed by atoms with Crippen LogP contribution in [0.3, 0.4) is 0 Å². The molecule has 0 aliphatic carbocycles. The minimum absolute atomic E-state index is 0.593. The fraction of sp³-hybridized carbons (Fsp3) is 0.455. The van der Waals surface area contributed by atoms with Crippen molar-refractivity contribution in [3.63, 3.8) is 0 Å². The molecule has 77 valence electrons. The molecular formula is C11H13Cl2S. The van der Waals surface area contributed by atoms with Gasteiger partial charge in [-0.2, -0.15) is 0 Å². The molecule has 0 bridgehead atoms. The van der Waals surface area contributed by atoms with E-state index in [0.29, 0.717) is 10.0 Å². The van der Waals surface area contributed by atoms with Crippen molar-refractivity contribution in [2.75, 3.05) is 5.75 Å². The van der Waals surface area contributed by atoms with Crippen LogP contribution in [0.25, 0.3) is 0 Å². The number of thioether (sulfide) groups is 1. The molecule has 0 saturated carbocycles. The Morgan fingerprint density at radius 3 is 2.43 bits per heavy atom. The SMILES string of the molecule is CCCCCSc1cc(Cl)[c]c(Cl)c1. The van der Waals surface area contributed by atoms with Gasteiger partial charge >= 0.3 is 0 Å². The van der Waals surface area contributed by atoms with Gasteiger partial charge in [-0.25, -0.2) is 0 Å². The highest BCUT2D eigenvalue weighted by molar-refractivity contribution is 7.99. The third kappa shape index (κ3) is 4.59. The molecule has 0 saturated heterocycles. The average molecular weight is 248 g/mol. The zero-order valence-electron chi connectivity index (χ0n) is 8.15. The Kier molecular flexibility index (Phi) is 5.76. The number of hydrogen-bond donors (Lipinski definition) is 0. The highest BCUT2D eigenvalue weighted by Crippen LogP contribution is 2.26. The largest absolute Gasteiger partial charge is 0.126 e. The van der Waals surface area contributed by atoms with E-state index in [1.165, 1.54) is 19.3 Å². The van der Waals surface area contributed by atoms with Crippen molar-refractivity contribution in [3.8, 4) is 0 Å². The molecule has 1 radical (unpaired) electrons. The van der Waals surface area contributed by atoms with Crippen molar-refractivity contribution in [2.45, 2.75) is 31.1 Å². The van der Waals surface area contributed by atoms with Gasteiger partial charge in [0.05, 0.1) is 10.0 Å². The van der Waals surface area contributed by atoms with Crippen molar-refractivity contribution in [1.29, 1.82) is 0 Å². The Morgan fingerprint density at radius 1 is 1.21 bits per heavy atom. The summed E-state index contributed by atoms with van der Waals surface area (Å²) < 4.78 is 0. The second-order valence-electron chi connectivity index (χ2n) is 3.07. The second kappa shape index (κ2) is 6.60. The monoisotopic (exact) mass is 247 g/mol. The maximum Gasteiger partial charge on any atom is 0.0511 e. The van der Waals surface area contributed by atoms with E-state index in [9.17, 15) is 0 Å². The molecule has 0 fully saturated rings. The lowest BCUT2D eigenvalue weighted by Crippen LogP contribution is -1.80. The summed E-state index contributed by atoms with van der Waals surface area (Å²) in [4.78, 5) is 1.13. The van der Waals surface area contributed by atoms with E-state index in [1.807, 2.05) is 12.1 Å². The molecule has 0 unspecified atom stereocenters. The van der Waals surface area contributed by atoms with Gasteiger partial charge < -0.3 is 0 Å². The Morgan fingerprint density at radius 2 is 1.86 bits per heavy atom. The normalized spacial score (nSPS) is 10.5. The summed E-state index contributed by atoms with van der Waals surface area (Å²) in [6.07, 6.45) is 3.78. The number of unbranched alkanes of at least 4 members (excludes halogenated alkanes) is 2. The van der Waals surface area contributed by atoms with Crippen molar-refractivity contribution >= 4 is 35.0 Å². The fourth-order valence-electron chi connectivity index (χ4n) is 1.10. The van der Waals surface area contributed by atoms with Crippen LogP contribution in [-0.2, 0) is 0 Å². The van der Waals surface area contributed by atoms with Gasteiger partial charge in [0.15, 0.2) is 0 Å². The summed E-state index contributed by atoms with van der Waals surface area (Å²) in [7, 11) is 0. The van der Waals surface area contributed by atoms with Crippen LogP contribution < -0.4 is 0 Å². The van der Waals surface area contributed by atoms with Crippen LogP contribution >= 0.6 is 35.0 Å². The Hall–Kier alpha value is 0.150. The van der Waals surface area contributed by atoms with Gasteiger partial charge in [0.2, 0.25) is 0 Å². The number of halogens is 2. The first-order valence-electron chi connectivity index (χ1n) is 4.73. The van der Waals surface area contributed by atoms with Gasteiger partial charge in [-0.3, -0.25) is 0 Å². The summed E-state index contributed by atoms with van der Waals surface area (Å²) in [5.74, 6) is 1.13. The summed E-state index contributed by atoms with van der Waals surface area (Å²) in [5.41, 5.74) is 0. The Balaban J connectivity index is 2.42. The predicted octanol–water partition coefficient (Wildman–Crippen LogP) is 5.08. The van der Waals surface area contributed by atoms with Gasteiger partial charge in [0, 0.05) is 11.0 Å². The molecule has 0 spiro atoms. The molecule has 0 amide bonds. The van der Waals surface area contributed by atoms with Crippen LogP contribution in [0.15, 0.2) is 17.0 Å². The lowest BCUT2D eigenvalue weighted by Gasteiger charge is -2.02. The maximum atomic E-state index is 5.84.